The van der Waals surface area contributed by atoms with Crippen molar-refractivity contribution in [2.45, 2.75) is 19.8 Å². The molecular weight excluding hydrogens is 192 g/mol. The van der Waals surface area contributed by atoms with E-state index in [1.54, 1.807) is 21.1 Å². The minimum atomic E-state index is 0.192. The molecule has 0 heterocycles. The number of rotatable bonds is 4. The summed E-state index contributed by atoms with van der Waals surface area (Å²) in [7, 11) is 3.26. The average Bonchev–Trinajstić information content (AvgIpc) is 2.25. The zero-order chi connectivity index (χ0) is 11.3. The van der Waals surface area contributed by atoms with E-state index in [9.17, 15) is 4.79 Å². The Bertz CT molecular complexity index is 324. The Hall–Kier alpha value is -1.38. The van der Waals surface area contributed by atoms with Gasteiger partial charge in [0.05, 0.1) is 13.2 Å². The summed E-state index contributed by atoms with van der Waals surface area (Å²) in [4.78, 5) is 10.9. The van der Waals surface area contributed by atoms with Crippen LogP contribution in [0.3, 0.4) is 0 Å². The van der Waals surface area contributed by atoms with Crippen molar-refractivity contribution in [3.8, 4) is 0 Å². The van der Waals surface area contributed by atoms with E-state index >= 15 is 0 Å². The molecule has 0 aromatic rings. The smallest absolute Gasteiger partial charge is 0.346 e. The maximum absolute atomic E-state index is 10.9. The summed E-state index contributed by atoms with van der Waals surface area (Å²) in [6.45, 7) is 1.61. The molecule has 0 aromatic carbocycles. The maximum atomic E-state index is 10.9. The highest BCUT2D eigenvalue weighted by atomic mass is 16.5. The molecule has 0 aliphatic heterocycles. The number of allylic oxidation sites excluding steroid dienone is 3. The van der Waals surface area contributed by atoms with Gasteiger partial charge in [-0.2, -0.15) is 0 Å². The van der Waals surface area contributed by atoms with Gasteiger partial charge >= 0.3 is 5.78 Å². The first-order valence-electron chi connectivity index (χ1n) is 5.01. The molecule has 0 amide bonds. The highest BCUT2D eigenvalue weighted by Gasteiger charge is 2.20. The van der Waals surface area contributed by atoms with Crippen molar-refractivity contribution >= 4 is 11.6 Å². The summed E-state index contributed by atoms with van der Waals surface area (Å²) in [6, 6.07) is 0. The van der Waals surface area contributed by atoms with Crippen LogP contribution in [0, 0.1) is 5.92 Å². The number of hydrogen-bond donors (Lipinski definition) is 0. The Morgan fingerprint density at radius 3 is 2.87 bits per heavy atom. The van der Waals surface area contributed by atoms with Gasteiger partial charge in [0.2, 0.25) is 0 Å². The van der Waals surface area contributed by atoms with Crippen LogP contribution >= 0.6 is 0 Å². The molecule has 0 saturated carbocycles. The predicted molar refractivity (Wildman–Crippen MR) is 58.6 cm³/mol. The first-order chi connectivity index (χ1) is 7.17. The molecule has 3 heteroatoms. The number of hydrogen-bond acceptors (Lipinski definition) is 2. The van der Waals surface area contributed by atoms with Crippen LogP contribution in [-0.2, 0) is 14.0 Å². The van der Waals surface area contributed by atoms with Crippen LogP contribution in [0.2, 0.25) is 0 Å². The Balaban J connectivity index is 2.67. The van der Waals surface area contributed by atoms with E-state index in [2.05, 4.69) is 0 Å². The van der Waals surface area contributed by atoms with Gasteiger partial charge in [-0.1, -0.05) is 6.08 Å². The fourth-order valence-corrected chi connectivity index (χ4v) is 1.54. The van der Waals surface area contributed by atoms with Crippen LogP contribution in [-0.4, -0.2) is 25.8 Å². The summed E-state index contributed by atoms with van der Waals surface area (Å²) in [6.07, 6.45) is 7.17. The topological polar surface area (TPSA) is 37.6 Å². The Labute approximate surface area is 90.1 Å². The van der Waals surface area contributed by atoms with Gasteiger partial charge in [-0.05, 0) is 13.3 Å². The van der Waals surface area contributed by atoms with Crippen molar-refractivity contribution in [3.05, 3.63) is 24.0 Å². The van der Waals surface area contributed by atoms with Gasteiger partial charge in [0.25, 0.3) is 7.11 Å². The van der Waals surface area contributed by atoms with Crippen molar-refractivity contribution in [1.29, 1.82) is 0 Å². The molecule has 0 bridgehead atoms. The lowest BCUT2D eigenvalue weighted by atomic mass is 9.94. The number of carbonyl (C=O) groups excluding carboxylic acids is 2. The van der Waals surface area contributed by atoms with Gasteiger partial charge in [-0.25, -0.2) is 0 Å². The number of carbonyl (C=O) groups is 1. The summed E-state index contributed by atoms with van der Waals surface area (Å²) >= 11 is 0. The normalized spacial score (nSPS) is 22.7. The van der Waals surface area contributed by atoms with Crippen molar-refractivity contribution in [2.24, 2.45) is 5.92 Å². The average molecular weight is 209 g/mol. The monoisotopic (exact) mass is 209 g/mol. The van der Waals surface area contributed by atoms with Crippen LogP contribution in [0.15, 0.2) is 24.0 Å². The molecule has 1 rings (SSSR count). The summed E-state index contributed by atoms with van der Waals surface area (Å²) < 4.78 is 10.4. The quantitative estimate of drug-likeness (QED) is 0.662. The third kappa shape index (κ3) is 3.35. The molecule has 0 N–H and O–H groups in total. The molecule has 0 spiro atoms. The van der Waals surface area contributed by atoms with Crippen molar-refractivity contribution < 1.29 is 14.0 Å². The number of ketones is 2. The second-order valence-electron chi connectivity index (χ2n) is 3.56. The van der Waals surface area contributed by atoms with Gasteiger partial charge in [0.15, 0.2) is 0 Å². The number of ether oxygens (including phenoxy) is 1. The summed E-state index contributed by atoms with van der Waals surface area (Å²) in [5.41, 5.74) is 0. The SMILES string of the molecule is COC1=CC(=[O+]C)C=CC1CCC(C)=O. The molecule has 0 radical (unpaired) electrons. The molecule has 0 saturated heterocycles. The van der Waals surface area contributed by atoms with E-state index in [1.165, 1.54) is 0 Å². The first-order valence-corrected chi connectivity index (χ1v) is 5.01. The molecule has 1 atom stereocenters. The molecule has 1 unspecified atom stereocenters. The Morgan fingerprint density at radius 1 is 1.60 bits per heavy atom. The summed E-state index contributed by atoms with van der Waals surface area (Å²) in [5.74, 6) is 2.04. The lowest BCUT2D eigenvalue weighted by Crippen LogP contribution is -2.12. The van der Waals surface area contributed by atoms with Gasteiger partial charge in [-0.15, -0.1) is 0 Å². The zero-order valence-corrected chi connectivity index (χ0v) is 9.45. The van der Waals surface area contributed by atoms with Gasteiger partial charge in [-0.3, -0.25) is 4.42 Å². The van der Waals surface area contributed by atoms with Crippen molar-refractivity contribution in [1.82, 2.24) is 0 Å². The van der Waals surface area contributed by atoms with E-state index in [0.717, 1.165) is 18.0 Å². The third-order valence-electron chi connectivity index (χ3n) is 2.42. The lowest BCUT2D eigenvalue weighted by Gasteiger charge is -2.16. The minimum Gasteiger partial charge on any atom is -0.500 e. The number of methoxy groups -OCH3 is 1. The largest absolute Gasteiger partial charge is 0.500 e. The highest BCUT2D eigenvalue weighted by Crippen LogP contribution is 2.23. The van der Waals surface area contributed by atoms with E-state index in [-0.39, 0.29) is 11.7 Å². The second kappa shape index (κ2) is 5.49. The molecule has 0 aromatic heterocycles. The molecule has 1 aliphatic rings. The number of Topliss-reactive ketones (excluding diaryl/α,β-unsaturated/α-hetero) is 1. The second-order valence-corrected chi connectivity index (χ2v) is 3.56. The van der Waals surface area contributed by atoms with Crippen LogP contribution in [0.1, 0.15) is 19.8 Å². The van der Waals surface area contributed by atoms with Crippen molar-refractivity contribution in [3.63, 3.8) is 0 Å². The molecule has 3 nitrogen and oxygen atoms in total. The van der Waals surface area contributed by atoms with E-state index in [1.807, 2.05) is 18.2 Å². The fourth-order valence-electron chi connectivity index (χ4n) is 1.54. The van der Waals surface area contributed by atoms with Crippen LogP contribution < -0.4 is 0 Å². The first kappa shape index (κ1) is 11.7. The van der Waals surface area contributed by atoms with E-state index < -0.39 is 0 Å². The molecule has 0 fully saturated rings. The van der Waals surface area contributed by atoms with Crippen LogP contribution in [0.4, 0.5) is 0 Å². The molecule has 1 aliphatic carbocycles. The molecule has 15 heavy (non-hydrogen) atoms. The van der Waals surface area contributed by atoms with Gasteiger partial charge in [0.1, 0.15) is 11.5 Å². The third-order valence-corrected chi connectivity index (χ3v) is 2.42. The predicted octanol–water partition coefficient (Wildman–Crippen LogP) is 1.81. The van der Waals surface area contributed by atoms with Crippen LogP contribution in [0.25, 0.3) is 0 Å². The Kier molecular flexibility index (Phi) is 4.28. The zero-order valence-electron chi connectivity index (χ0n) is 9.45. The van der Waals surface area contributed by atoms with Gasteiger partial charge in [0, 0.05) is 18.4 Å². The minimum absolute atomic E-state index is 0.192. The summed E-state index contributed by atoms with van der Waals surface area (Å²) in [5, 5.41) is 0. The van der Waals surface area contributed by atoms with E-state index in [4.69, 9.17) is 9.16 Å². The highest BCUT2D eigenvalue weighted by molar-refractivity contribution is 6.00. The van der Waals surface area contributed by atoms with E-state index in [0.29, 0.717) is 6.42 Å². The maximum Gasteiger partial charge on any atom is 0.346 e. The van der Waals surface area contributed by atoms with Crippen LogP contribution in [0.5, 0.6) is 0 Å². The Morgan fingerprint density at radius 2 is 2.33 bits per heavy atom. The standard InChI is InChI=1S/C12H17O3/c1-9(13)4-5-10-6-7-11(14-2)8-12(10)15-3/h6-8,10H,4-5H2,1-3H3/q+1. The lowest BCUT2D eigenvalue weighted by molar-refractivity contribution is -0.417. The molecular formula is C12H17O3+. The molecule has 82 valence electrons. The van der Waals surface area contributed by atoms with Gasteiger partial charge < -0.3 is 9.53 Å². The fraction of sp³-hybridized carbons (Fsp3) is 0.500. The van der Waals surface area contributed by atoms with Crippen molar-refractivity contribution in [2.75, 3.05) is 14.2 Å².